The summed E-state index contributed by atoms with van der Waals surface area (Å²) in [5.41, 5.74) is 8.89. The summed E-state index contributed by atoms with van der Waals surface area (Å²) in [5.74, 6) is -0.283. The minimum Gasteiger partial charge on any atom is -0.366 e. The number of rotatable bonds is 6. The van der Waals surface area contributed by atoms with Gasteiger partial charge < -0.3 is 10.6 Å². The quantitative estimate of drug-likeness (QED) is 0.684. The van der Waals surface area contributed by atoms with Crippen molar-refractivity contribution in [1.29, 1.82) is 0 Å². The van der Waals surface area contributed by atoms with Crippen LogP contribution in [0.4, 0.5) is 0 Å². The van der Waals surface area contributed by atoms with Crippen molar-refractivity contribution in [2.45, 2.75) is 38.0 Å². The third-order valence-electron chi connectivity index (χ3n) is 5.79. The molecule has 2 N–H and O–H groups in total. The van der Waals surface area contributed by atoms with Crippen LogP contribution in [0.1, 0.15) is 53.2 Å². The van der Waals surface area contributed by atoms with Gasteiger partial charge in [-0.2, -0.15) is 0 Å². The summed E-state index contributed by atoms with van der Waals surface area (Å²) in [5, 5.41) is 0.898. The summed E-state index contributed by atoms with van der Waals surface area (Å²) in [6, 6.07) is 13.5. The van der Waals surface area contributed by atoms with Gasteiger partial charge in [0.05, 0.1) is 16.8 Å². The molecule has 2 amide bonds. The molecule has 6 nitrogen and oxygen atoms in total. The van der Waals surface area contributed by atoms with Gasteiger partial charge in [-0.15, -0.1) is 0 Å². The summed E-state index contributed by atoms with van der Waals surface area (Å²) < 4.78 is 0. The molecule has 1 aliphatic rings. The maximum Gasteiger partial charge on any atom is 0.250 e. The smallest absolute Gasteiger partial charge is 0.250 e. The highest BCUT2D eigenvalue weighted by atomic mass is 16.2. The number of likely N-dealkylation sites (tertiary alicyclic amines) is 1. The number of carbonyl (C=O) groups excluding carboxylic acids is 2. The van der Waals surface area contributed by atoms with Crippen molar-refractivity contribution in [3.8, 4) is 0 Å². The summed E-state index contributed by atoms with van der Waals surface area (Å²) in [6.07, 6.45) is 7.54. The molecule has 0 aliphatic carbocycles. The number of para-hydroxylation sites is 1. The minimum atomic E-state index is -0.468. The molecule has 4 rings (SSSR count). The third-order valence-corrected chi connectivity index (χ3v) is 5.79. The fourth-order valence-corrected chi connectivity index (χ4v) is 4.22. The monoisotopic (exact) mass is 402 g/mol. The number of aryl methyl sites for hydroxylation is 1. The minimum absolute atomic E-state index is 0.0232. The van der Waals surface area contributed by atoms with Crippen molar-refractivity contribution in [2.75, 3.05) is 13.1 Å². The van der Waals surface area contributed by atoms with Gasteiger partial charge in [0.2, 0.25) is 5.91 Å². The average molecular weight is 402 g/mol. The number of amides is 2. The largest absolute Gasteiger partial charge is 0.366 e. The van der Waals surface area contributed by atoms with E-state index >= 15 is 0 Å². The molecule has 3 aromatic rings. The van der Waals surface area contributed by atoms with E-state index in [0.717, 1.165) is 48.8 Å². The van der Waals surface area contributed by atoms with Gasteiger partial charge in [-0.05, 0) is 55.5 Å². The van der Waals surface area contributed by atoms with E-state index in [1.54, 1.807) is 12.4 Å². The molecular formula is C24H26N4O2. The fourth-order valence-electron chi connectivity index (χ4n) is 4.22. The fraction of sp³-hybridized carbons (Fsp3) is 0.333. The van der Waals surface area contributed by atoms with Crippen LogP contribution in [0.15, 0.2) is 54.9 Å². The lowest BCUT2D eigenvalue weighted by atomic mass is 9.90. The highest BCUT2D eigenvalue weighted by molar-refractivity contribution is 5.97. The maximum absolute atomic E-state index is 12.8. The molecule has 1 fully saturated rings. The van der Waals surface area contributed by atoms with Crippen LogP contribution in [0.2, 0.25) is 0 Å². The predicted molar refractivity (Wildman–Crippen MR) is 116 cm³/mol. The lowest BCUT2D eigenvalue weighted by molar-refractivity contribution is -0.132. The summed E-state index contributed by atoms with van der Waals surface area (Å²) in [7, 11) is 0. The number of primary amides is 1. The molecule has 3 heterocycles. The van der Waals surface area contributed by atoms with Crippen LogP contribution in [-0.4, -0.2) is 39.8 Å². The number of aromatic nitrogens is 2. The average Bonchev–Trinajstić information content (AvgIpc) is 2.79. The molecule has 0 unspecified atom stereocenters. The first-order chi connectivity index (χ1) is 14.6. The Morgan fingerprint density at radius 2 is 1.93 bits per heavy atom. The molecular weight excluding hydrogens is 376 g/mol. The molecule has 0 radical (unpaired) electrons. The van der Waals surface area contributed by atoms with E-state index in [0.29, 0.717) is 18.5 Å². The van der Waals surface area contributed by atoms with E-state index in [-0.39, 0.29) is 11.8 Å². The predicted octanol–water partition coefficient (Wildman–Crippen LogP) is 3.46. The van der Waals surface area contributed by atoms with Gasteiger partial charge in [-0.3, -0.25) is 19.6 Å². The van der Waals surface area contributed by atoms with Crippen LogP contribution in [0, 0.1) is 0 Å². The van der Waals surface area contributed by atoms with E-state index in [9.17, 15) is 9.59 Å². The van der Waals surface area contributed by atoms with Crippen LogP contribution >= 0.6 is 0 Å². The van der Waals surface area contributed by atoms with Crippen LogP contribution < -0.4 is 5.73 Å². The Labute approximate surface area is 176 Å². The number of hydrogen-bond donors (Lipinski definition) is 1. The second-order valence-electron chi connectivity index (χ2n) is 7.87. The van der Waals surface area contributed by atoms with Gasteiger partial charge >= 0.3 is 0 Å². The van der Waals surface area contributed by atoms with Gasteiger partial charge in [-0.25, -0.2) is 0 Å². The number of nitrogens with two attached hydrogens (primary N) is 1. The van der Waals surface area contributed by atoms with Crippen molar-refractivity contribution in [2.24, 2.45) is 5.73 Å². The first kappa shape index (κ1) is 20.0. The number of fused-ring (bicyclic) bond motifs is 1. The number of benzene rings is 1. The zero-order valence-corrected chi connectivity index (χ0v) is 17.0. The van der Waals surface area contributed by atoms with Crippen molar-refractivity contribution in [3.63, 3.8) is 0 Å². The van der Waals surface area contributed by atoms with E-state index in [2.05, 4.69) is 4.98 Å². The number of pyridine rings is 2. The van der Waals surface area contributed by atoms with E-state index in [1.807, 2.05) is 47.4 Å². The standard InChI is InChI=1S/C24H26N4O2/c25-24(30)20-15-18-6-1-2-8-21(18)27-23(20)19-7-4-14-28(16-19)22(29)9-3-5-17-10-12-26-13-11-17/h1-2,6,8,10-13,15,19H,3-5,7,9,14,16H2,(H2,25,30)/t19-/m1/s1. The van der Waals surface area contributed by atoms with Crippen LogP contribution in [0.5, 0.6) is 0 Å². The van der Waals surface area contributed by atoms with Gasteiger partial charge in [0.25, 0.3) is 5.91 Å². The Morgan fingerprint density at radius 1 is 1.13 bits per heavy atom. The van der Waals surface area contributed by atoms with Crippen LogP contribution in [-0.2, 0) is 11.2 Å². The number of carbonyl (C=O) groups is 2. The second-order valence-corrected chi connectivity index (χ2v) is 7.87. The number of hydrogen-bond acceptors (Lipinski definition) is 4. The first-order valence-electron chi connectivity index (χ1n) is 10.5. The van der Waals surface area contributed by atoms with Gasteiger partial charge in [0.1, 0.15) is 0 Å². The summed E-state index contributed by atoms with van der Waals surface area (Å²) >= 11 is 0. The van der Waals surface area contributed by atoms with E-state index in [4.69, 9.17) is 10.7 Å². The molecule has 0 saturated carbocycles. The highest BCUT2D eigenvalue weighted by Crippen LogP contribution is 2.30. The molecule has 0 spiro atoms. The van der Waals surface area contributed by atoms with Gasteiger partial charge in [-0.1, -0.05) is 18.2 Å². The highest BCUT2D eigenvalue weighted by Gasteiger charge is 2.28. The van der Waals surface area contributed by atoms with Gasteiger partial charge in [0.15, 0.2) is 0 Å². The lowest BCUT2D eigenvalue weighted by Gasteiger charge is -2.33. The zero-order valence-electron chi connectivity index (χ0n) is 17.0. The molecule has 1 saturated heterocycles. The van der Waals surface area contributed by atoms with E-state index < -0.39 is 5.91 Å². The molecule has 1 aliphatic heterocycles. The Bertz CT molecular complexity index is 1050. The SMILES string of the molecule is NC(=O)c1cc2ccccc2nc1[C@@H]1CCCN(C(=O)CCCc2ccncc2)C1. The molecule has 2 aromatic heterocycles. The number of piperidine rings is 1. The summed E-state index contributed by atoms with van der Waals surface area (Å²) in [6.45, 7) is 1.34. The Balaban J connectivity index is 1.46. The van der Waals surface area contributed by atoms with Crippen molar-refractivity contribution in [1.82, 2.24) is 14.9 Å². The Hall–Kier alpha value is -3.28. The topological polar surface area (TPSA) is 89.2 Å². The second kappa shape index (κ2) is 9.03. The van der Waals surface area contributed by atoms with Crippen LogP contribution in [0.3, 0.4) is 0 Å². The van der Waals surface area contributed by atoms with Crippen molar-refractivity contribution >= 4 is 22.7 Å². The van der Waals surface area contributed by atoms with Crippen LogP contribution in [0.25, 0.3) is 10.9 Å². The zero-order chi connectivity index (χ0) is 20.9. The van der Waals surface area contributed by atoms with E-state index in [1.165, 1.54) is 5.56 Å². The normalized spacial score (nSPS) is 16.5. The molecule has 1 atom stereocenters. The Morgan fingerprint density at radius 3 is 2.73 bits per heavy atom. The first-order valence-corrected chi connectivity index (χ1v) is 10.5. The van der Waals surface area contributed by atoms with Crippen molar-refractivity contribution in [3.05, 3.63) is 71.7 Å². The Kier molecular flexibility index (Phi) is 6.02. The molecule has 6 heteroatoms. The maximum atomic E-state index is 12.8. The molecule has 30 heavy (non-hydrogen) atoms. The molecule has 154 valence electrons. The van der Waals surface area contributed by atoms with Crippen molar-refractivity contribution < 1.29 is 9.59 Å². The lowest BCUT2D eigenvalue weighted by Crippen LogP contribution is -2.39. The number of nitrogens with zero attached hydrogens (tertiary/aromatic N) is 3. The molecule has 1 aromatic carbocycles. The third kappa shape index (κ3) is 4.48. The molecule has 0 bridgehead atoms. The van der Waals surface area contributed by atoms with Gasteiger partial charge in [0, 0.05) is 43.2 Å². The summed E-state index contributed by atoms with van der Waals surface area (Å²) in [4.78, 5) is 35.6.